The molecule has 1 heterocycles. The molecule has 0 atom stereocenters. The molecule has 0 aliphatic rings. The number of rotatable bonds is 4. The van der Waals surface area contributed by atoms with E-state index in [0.717, 1.165) is 12.1 Å². The van der Waals surface area contributed by atoms with Crippen LogP contribution in [0.15, 0.2) is 52.5 Å². The van der Waals surface area contributed by atoms with E-state index in [1.807, 2.05) is 0 Å². The molecule has 0 spiro atoms. The third-order valence-corrected chi connectivity index (χ3v) is 2.88. The van der Waals surface area contributed by atoms with Crippen LogP contribution in [0.1, 0.15) is 12.5 Å². The van der Waals surface area contributed by atoms with Crippen LogP contribution in [-0.4, -0.2) is 16.2 Å². The van der Waals surface area contributed by atoms with Crippen LogP contribution in [0.5, 0.6) is 0 Å². The van der Waals surface area contributed by atoms with Crippen molar-refractivity contribution in [3.63, 3.8) is 0 Å². The fraction of sp³-hybridized carbons (Fsp3) is 0.133. The van der Waals surface area contributed by atoms with Gasteiger partial charge in [-0.2, -0.15) is 5.10 Å². The molecule has 114 valence electrons. The zero-order valence-corrected chi connectivity index (χ0v) is 11.7. The van der Waals surface area contributed by atoms with E-state index in [1.54, 1.807) is 12.1 Å². The molecule has 7 heteroatoms. The van der Waals surface area contributed by atoms with Crippen LogP contribution in [0.3, 0.4) is 0 Å². The second-order valence-electron chi connectivity index (χ2n) is 4.52. The predicted octanol–water partition coefficient (Wildman–Crippen LogP) is 1.67. The Labute approximate surface area is 124 Å². The lowest BCUT2D eigenvalue weighted by atomic mass is 10.1. The largest absolute Gasteiger partial charge is 0.306 e. The maximum atomic E-state index is 13.5. The zero-order chi connectivity index (χ0) is 16.1. The second kappa shape index (κ2) is 6.75. The second-order valence-corrected chi connectivity index (χ2v) is 4.52. The lowest BCUT2D eigenvalue weighted by Crippen LogP contribution is -2.29. The van der Waals surface area contributed by atoms with Crippen molar-refractivity contribution in [3.05, 3.63) is 70.1 Å². The number of carbonyl (C=O) groups excluding carboxylic acids is 1. The summed E-state index contributed by atoms with van der Waals surface area (Å²) in [5.74, 6) is -1.99. The maximum absolute atomic E-state index is 13.5. The van der Waals surface area contributed by atoms with Gasteiger partial charge >= 0.3 is 0 Å². The minimum absolute atomic E-state index is 0.0820. The minimum atomic E-state index is -0.769. The van der Waals surface area contributed by atoms with Gasteiger partial charge in [0.15, 0.2) is 0 Å². The first kappa shape index (κ1) is 15.6. The summed E-state index contributed by atoms with van der Waals surface area (Å²) < 4.78 is 27.6. The lowest BCUT2D eigenvalue weighted by Gasteiger charge is -2.05. The van der Waals surface area contributed by atoms with E-state index in [4.69, 9.17) is 0 Å². The highest BCUT2D eigenvalue weighted by Gasteiger charge is 2.08. The van der Waals surface area contributed by atoms with Crippen molar-refractivity contribution in [1.82, 2.24) is 9.99 Å². The molecule has 0 aliphatic heterocycles. The van der Waals surface area contributed by atoms with E-state index in [2.05, 4.69) is 10.5 Å². The number of benzene rings is 1. The number of nitrogens with one attached hydrogen (secondary N) is 1. The lowest BCUT2D eigenvalue weighted by molar-refractivity contribution is -0.121. The van der Waals surface area contributed by atoms with E-state index >= 15 is 0 Å². The molecule has 0 saturated heterocycles. The number of hydrazone groups is 1. The summed E-state index contributed by atoms with van der Waals surface area (Å²) in [4.78, 5) is 23.2. The van der Waals surface area contributed by atoms with Crippen molar-refractivity contribution >= 4 is 11.6 Å². The number of aromatic nitrogens is 1. The van der Waals surface area contributed by atoms with Gasteiger partial charge in [-0.25, -0.2) is 14.2 Å². The molecule has 1 aromatic carbocycles. The van der Waals surface area contributed by atoms with Gasteiger partial charge in [-0.15, -0.1) is 0 Å². The highest BCUT2D eigenvalue weighted by molar-refractivity contribution is 5.99. The molecule has 5 nitrogen and oxygen atoms in total. The molecule has 2 aromatic rings. The Morgan fingerprint density at radius 1 is 1.27 bits per heavy atom. The molecule has 1 amide bonds. The Hall–Kier alpha value is -2.83. The Bertz CT molecular complexity index is 784. The molecule has 0 aliphatic carbocycles. The van der Waals surface area contributed by atoms with Crippen molar-refractivity contribution in [2.75, 3.05) is 0 Å². The first-order valence-corrected chi connectivity index (χ1v) is 6.41. The average molecular weight is 305 g/mol. The SMILES string of the molecule is C/C(=N/NC(=O)Cn1ccccc1=O)c1ccc(F)cc1F. The molecular weight excluding hydrogens is 292 g/mol. The van der Waals surface area contributed by atoms with Gasteiger partial charge in [0.25, 0.3) is 11.5 Å². The Morgan fingerprint density at radius 3 is 2.73 bits per heavy atom. The number of carbonyl (C=O) groups is 1. The first-order chi connectivity index (χ1) is 10.5. The van der Waals surface area contributed by atoms with Crippen LogP contribution in [0.25, 0.3) is 0 Å². The standard InChI is InChI=1S/C15H13F2N3O2/c1-10(12-6-5-11(16)8-13(12)17)18-19-14(21)9-20-7-3-2-4-15(20)22/h2-8H,9H2,1H3,(H,19,21)/b18-10-. The number of halogens is 2. The van der Waals surface area contributed by atoms with Crippen LogP contribution < -0.4 is 11.0 Å². The van der Waals surface area contributed by atoms with Gasteiger partial charge in [-0.05, 0) is 25.1 Å². The summed E-state index contributed by atoms with van der Waals surface area (Å²) >= 11 is 0. The van der Waals surface area contributed by atoms with Crippen molar-refractivity contribution in [3.8, 4) is 0 Å². The molecule has 0 bridgehead atoms. The molecule has 1 aromatic heterocycles. The maximum Gasteiger partial charge on any atom is 0.260 e. The summed E-state index contributed by atoms with van der Waals surface area (Å²) in [5, 5.41) is 3.75. The molecule has 0 fully saturated rings. The van der Waals surface area contributed by atoms with Gasteiger partial charge in [0, 0.05) is 23.9 Å². The summed E-state index contributed by atoms with van der Waals surface area (Å²) in [6.07, 6.45) is 1.47. The van der Waals surface area contributed by atoms with Crippen LogP contribution in [0, 0.1) is 11.6 Å². The predicted molar refractivity (Wildman–Crippen MR) is 77.4 cm³/mol. The van der Waals surface area contributed by atoms with Crippen molar-refractivity contribution in [2.45, 2.75) is 13.5 Å². The highest BCUT2D eigenvalue weighted by Crippen LogP contribution is 2.10. The van der Waals surface area contributed by atoms with Gasteiger partial charge in [0.1, 0.15) is 18.2 Å². The summed E-state index contributed by atoms with van der Waals surface area (Å²) in [6.45, 7) is 1.27. The van der Waals surface area contributed by atoms with Crippen LogP contribution in [0.4, 0.5) is 8.78 Å². The minimum Gasteiger partial charge on any atom is -0.306 e. The summed E-state index contributed by atoms with van der Waals surface area (Å²) in [5.41, 5.74) is 2.18. The average Bonchev–Trinajstić information content (AvgIpc) is 2.47. The monoisotopic (exact) mass is 305 g/mol. The van der Waals surface area contributed by atoms with Crippen molar-refractivity contribution in [1.29, 1.82) is 0 Å². The summed E-state index contributed by atoms with van der Waals surface area (Å²) in [6, 6.07) is 7.59. The topological polar surface area (TPSA) is 63.5 Å². The Kier molecular flexibility index (Phi) is 4.77. The molecule has 0 radical (unpaired) electrons. The van der Waals surface area contributed by atoms with Gasteiger partial charge in [-0.3, -0.25) is 9.59 Å². The number of nitrogens with zero attached hydrogens (tertiary/aromatic N) is 2. The van der Waals surface area contributed by atoms with Gasteiger partial charge < -0.3 is 4.57 Å². The highest BCUT2D eigenvalue weighted by atomic mass is 19.1. The Morgan fingerprint density at radius 2 is 2.05 bits per heavy atom. The molecule has 22 heavy (non-hydrogen) atoms. The van der Waals surface area contributed by atoms with Crippen molar-refractivity contribution < 1.29 is 13.6 Å². The van der Waals surface area contributed by atoms with Crippen LogP contribution in [0.2, 0.25) is 0 Å². The van der Waals surface area contributed by atoms with Crippen LogP contribution in [-0.2, 0) is 11.3 Å². The smallest absolute Gasteiger partial charge is 0.260 e. The van der Waals surface area contributed by atoms with Crippen molar-refractivity contribution in [2.24, 2.45) is 5.10 Å². The molecule has 2 rings (SSSR count). The first-order valence-electron chi connectivity index (χ1n) is 6.41. The molecule has 0 saturated carbocycles. The van der Waals surface area contributed by atoms with E-state index in [0.29, 0.717) is 0 Å². The van der Waals surface area contributed by atoms with E-state index in [1.165, 1.54) is 29.8 Å². The van der Waals surface area contributed by atoms with Crippen LogP contribution >= 0.6 is 0 Å². The van der Waals surface area contributed by atoms with E-state index < -0.39 is 17.5 Å². The third-order valence-electron chi connectivity index (χ3n) is 2.88. The molecule has 0 unspecified atom stereocenters. The fourth-order valence-corrected chi connectivity index (χ4v) is 1.77. The fourth-order valence-electron chi connectivity index (χ4n) is 1.77. The zero-order valence-electron chi connectivity index (χ0n) is 11.7. The number of pyridine rings is 1. The molecular formula is C15H13F2N3O2. The van der Waals surface area contributed by atoms with E-state index in [-0.39, 0.29) is 23.4 Å². The quantitative estimate of drug-likeness (QED) is 0.690. The Balaban J connectivity index is 2.06. The van der Waals surface area contributed by atoms with Gasteiger partial charge in [-0.1, -0.05) is 6.07 Å². The van der Waals surface area contributed by atoms with Gasteiger partial charge in [0.05, 0.1) is 5.71 Å². The van der Waals surface area contributed by atoms with Gasteiger partial charge in [0.2, 0.25) is 0 Å². The summed E-state index contributed by atoms with van der Waals surface area (Å²) in [7, 11) is 0. The normalized spacial score (nSPS) is 11.3. The molecule has 1 N–H and O–H groups in total. The number of hydrogen-bond acceptors (Lipinski definition) is 3. The van der Waals surface area contributed by atoms with E-state index in [9.17, 15) is 18.4 Å². The third kappa shape index (κ3) is 3.85. The number of hydrogen-bond donors (Lipinski definition) is 1. The number of amides is 1.